The normalized spacial score (nSPS) is 17.4. The van der Waals surface area contributed by atoms with Crippen molar-refractivity contribution in [2.24, 2.45) is 0 Å². The Kier molecular flexibility index (Phi) is 7.09. The van der Waals surface area contributed by atoms with Gasteiger partial charge in [-0.3, -0.25) is 9.69 Å². The Morgan fingerprint density at radius 1 is 1.06 bits per heavy atom. The van der Waals surface area contributed by atoms with Crippen LogP contribution in [-0.4, -0.2) is 47.5 Å². The van der Waals surface area contributed by atoms with E-state index in [1.807, 2.05) is 24.3 Å². The Hall–Kier alpha value is -2.71. The molecular weight excluding hydrogens is 502 g/mol. The highest BCUT2D eigenvalue weighted by molar-refractivity contribution is 9.10. The van der Waals surface area contributed by atoms with Crippen LogP contribution in [0.5, 0.6) is 0 Å². The van der Waals surface area contributed by atoms with Crippen LogP contribution in [0.3, 0.4) is 0 Å². The van der Waals surface area contributed by atoms with Crippen LogP contribution in [0.25, 0.3) is 11.1 Å². The lowest BCUT2D eigenvalue weighted by molar-refractivity contribution is -0.147. The minimum atomic E-state index is -0.737. The van der Waals surface area contributed by atoms with Crippen LogP contribution in [0.2, 0.25) is 0 Å². The predicted molar refractivity (Wildman–Crippen MR) is 129 cm³/mol. The molecule has 2 heterocycles. The summed E-state index contributed by atoms with van der Waals surface area (Å²) in [7, 11) is 0. The van der Waals surface area contributed by atoms with Gasteiger partial charge in [0.05, 0.1) is 13.2 Å². The average molecular weight is 530 g/mol. The van der Waals surface area contributed by atoms with Gasteiger partial charge < -0.3 is 14.2 Å². The van der Waals surface area contributed by atoms with Gasteiger partial charge in [-0.1, -0.05) is 34.1 Å². The molecule has 2 aromatic rings. The molecule has 0 spiro atoms. The van der Waals surface area contributed by atoms with Gasteiger partial charge in [0.2, 0.25) is 0 Å². The zero-order valence-electron chi connectivity index (χ0n) is 19.6. The van der Waals surface area contributed by atoms with Crippen LogP contribution < -0.4 is 0 Å². The molecule has 0 aliphatic carbocycles. The van der Waals surface area contributed by atoms with Gasteiger partial charge in [0.1, 0.15) is 11.6 Å². The molecule has 0 saturated carbocycles. The first-order chi connectivity index (χ1) is 16.1. The number of hydrogen-bond acceptors (Lipinski definition) is 6. The van der Waals surface area contributed by atoms with Gasteiger partial charge in [-0.15, -0.1) is 0 Å². The van der Waals surface area contributed by atoms with Crippen LogP contribution in [0, 0.1) is 0 Å². The number of fused-ring (bicyclic) bond motifs is 3. The van der Waals surface area contributed by atoms with E-state index < -0.39 is 23.7 Å². The number of likely N-dealkylation sites (tertiary alicyclic amines) is 1. The highest BCUT2D eigenvalue weighted by Crippen LogP contribution is 2.34. The Morgan fingerprint density at radius 3 is 2.44 bits per heavy atom. The maximum absolute atomic E-state index is 12.8. The largest absolute Gasteiger partial charge is 0.456 e. The molecule has 0 aromatic heterocycles. The molecule has 0 N–H and O–H groups in total. The Balaban J connectivity index is 1.42. The van der Waals surface area contributed by atoms with Gasteiger partial charge >= 0.3 is 12.1 Å². The predicted octanol–water partition coefficient (Wildman–Crippen LogP) is 5.27. The number of ether oxygens (including phenoxy) is 3. The average Bonchev–Trinajstić information content (AvgIpc) is 3.20. The van der Waals surface area contributed by atoms with Crippen LogP contribution in [0.4, 0.5) is 4.79 Å². The van der Waals surface area contributed by atoms with Crippen LogP contribution in [0.1, 0.15) is 55.1 Å². The molecule has 34 heavy (non-hydrogen) atoms. The van der Waals surface area contributed by atoms with E-state index in [9.17, 15) is 14.4 Å². The number of benzene rings is 2. The molecule has 0 bridgehead atoms. The summed E-state index contributed by atoms with van der Waals surface area (Å²) in [6.07, 6.45) is 0.615. The third-order valence-corrected chi connectivity index (χ3v) is 6.29. The third kappa shape index (κ3) is 5.50. The quantitative estimate of drug-likeness (QED) is 0.396. The van der Waals surface area contributed by atoms with Crippen molar-refractivity contribution in [3.8, 4) is 11.1 Å². The molecule has 2 aliphatic rings. The first kappa shape index (κ1) is 24.4. The third-order valence-electron chi connectivity index (χ3n) is 5.80. The topological polar surface area (TPSA) is 82.1 Å². The summed E-state index contributed by atoms with van der Waals surface area (Å²) >= 11 is 3.49. The van der Waals surface area contributed by atoms with E-state index in [1.54, 1.807) is 32.9 Å². The van der Waals surface area contributed by atoms with Gasteiger partial charge in [-0.05, 0) is 74.1 Å². The second kappa shape index (κ2) is 9.88. The zero-order chi connectivity index (χ0) is 24.5. The molecule has 1 saturated heterocycles. The molecule has 1 unspecified atom stereocenters. The maximum atomic E-state index is 12.8. The minimum absolute atomic E-state index is 0.307. The summed E-state index contributed by atoms with van der Waals surface area (Å²) in [5.41, 5.74) is 3.87. The fourth-order valence-electron chi connectivity index (χ4n) is 4.23. The Labute approximate surface area is 207 Å². The smallest absolute Gasteiger partial charge is 0.411 e. The molecule has 8 heteroatoms. The van der Waals surface area contributed by atoms with E-state index >= 15 is 0 Å². The number of esters is 1. The summed E-state index contributed by atoms with van der Waals surface area (Å²) in [6, 6.07) is 10.8. The molecule has 7 nitrogen and oxygen atoms in total. The van der Waals surface area contributed by atoms with Gasteiger partial charge in [0, 0.05) is 16.6 Å². The lowest BCUT2D eigenvalue weighted by atomic mass is 9.94. The van der Waals surface area contributed by atoms with E-state index in [0.29, 0.717) is 38.2 Å². The maximum Gasteiger partial charge on any atom is 0.411 e. The number of carbonyl (C=O) groups excluding carboxylic acids is 3. The summed E-state index contributed by atoms with van der Waals surface area (Å²) in [4.78, 5) is 39.3. The summed E-state index contributed by atoms with van der Waals surface area (Å²) in [5.74, 6) is -0.896. The van der Waals surface area contributed by atoms with Crippen molar-refractivity contribution in [2.75, 3.05) is 13.2 Å². The second-order valence-electron chi connectivity index (χ2n) is 9.53. The second-order valence-corrected chi connectivity index (χ2v) is 10.4. The summed E-state index contributed by atoms with van der Waals surface area (Å²) in [5, 5.41) is 0. The standard InChI is InChI=1S/C26H28BrNO6/c1-26(2,3)34-25(31)28-10-4-5-22(28)24(30)33-15-23(29)16-6-8-20-17(11-16)13-32-14-18-12-19(27)7-9-21(18)20/h6-9,11-12,22H,4-5,10,13-15H2,1-3H3. The molecule has 1 amide bonds. The van der Waals surface area contributed by atoms with E-state index in [4.69, 9.17) is 14.2 Å². The van der Waals surface area contributed by atoms with Crippen molar-refractivity contribution in [3.05, 3.63) is 57.6 Å². The highest BCUT2D eigenvalue weighted by atomic mass is 79.9. The number of ketones is 1. The van der Waals surface area contributed by atoms with Crippen LogP contribution >= 0.6 is 15.9 Å². The Bertz CT molecular complexity index is 1120. The van der Waals surface area contributed by atoms with E-state index in [1.165, 1.54) is 4.90 Å². The highest BCUT2D eigenvalue weighted by Gasteiger charge is 2.37. The van der Waals surface area contributed by atoms with E-state index in [0.717, 1.165) is 26.7 Å². The number of hydrogen-bond donors (Lipinski definition) is 0. The number of nitrogens with zero attached hydrogens (tertiary/aromatic N) is 1. The molecule has 4 rings (SSSR count). The first-order valence-corrected chi connectivity index (χ1v) is 12.1. The van der Waals surface area contributed by atoms with E-state index in [-0.39, 0.29) is 12.4 Å². The first-order valence-electron chi connectivity index (χ1n) is 11.3. The van der Waals surface area contributed by atoms with Gasteiger partial charge in [-0.2, -0.15) is 0 Å². The summed E-state index contributed by atoms with van der Waals surface area (Å²) < 4.78 is 17.5. The molecular formula is C26H28BrNO6. The fraction of sp³-hybridized carbons (Fsp3) is 0.423. The number of rotatable bonds is 4. The van der Waals surface area contributed by atoms with Crippen molar-refractivity contribution in [2.45, 2.75) is 58.5 Å². The monoisotopic (exact) mass is 529 g/mol. The molecule has 180 valence electrons. The van der Waals surface area contributed by atoms with Crippen molar-refractivity contribution < 1.29 is 28.6 Å². The van der Waals surface area contributed by atoms with Gasteiger partial charge in [-0.25, -0.2) is 9.59 Å². The molecule has 2 aromatic carbocycles. The molecule has 0 radical (unpaired) electrons. The number of halogens is 1. The minimum Gasteiger partial charge on any atom is -0.456 e. The van der Waals surface area contributed by atoms with Crippen molar-refractivity contribution in [1.29, 1.82) is 0 Å². The van der Waals surface area contributed by atoms with Crippen molar-refractivity contribution >= 4 is 33.8 Å². The lowest BCUT2D eigenvalue weighted by Gasteiger charge is -2.27. The van der Waals surface area contributed by atoms with Gasteiger partial charge in [0.15, 0.2) is 12.4 Å². The van der Waals surface area contributed by atoms with Crippen molar-refractivity contribution in [1.82, 2.24) is 4.90 Å². The lowest BCUT2D eigenvalue weighted by Crippen LogP contribution is -2.44. The fourth-order valence-corrected chi connectivity index (χ4v) is 4.64. The molecule has 2 aliphatic heterocycles. The number of amides is 1. The van der Waals surface area contributed by atoms with Crippen LogP contribution in [0.15, 0.2) is 40.9 Å². The van der Waals surface area contributed by atoms with Crippen LogP contribution in [-0.2, 0) is 32.2 Å². The Morgan fingerprint density at radius 2 is 1.74 bits per heavy atom. The van der Waals surface area contributed by atoms with Crippen molar-refractivity contribution in [3.63, 3.8) is 0 Å². The zero-order valence-corrected chi connectivity index (χ0v) is 21.1. The number of carbonyl (C=O) groups is 3. The number of Topliss-reactive ketones (excluding diaryl/α,β-unsaturated/α-hetero) is 1. The molecule has 1 fully saturated rings. The molecule has 1 atom stereocenters. The SMILES string of the molecule is CC(C)(C)OC(=O)N1CCCC1C(=O)OCC(=O)c1ccc2c(c1)COCc1cc(Br)ccc1-2. The summed E-state index contributed by atoms with van der Waals surface area (Å²) in [6.45, 7) is 6.23. The van der Waals surface area contributed by atoms with Gasteiger partial charge in [0.25, 0.3) is 0 Å². The van der Waals surface area contributed by atoms with E-state index in [2.05, 4.69) is 15.9 Å².